The minimum Gasteiger partial charge on any atom is -0.381 e. The number of sulfonamides is 1. The first-order chi connectivity index (χ1) is 9.78. The van der Waals surface area contributed by atoms with E-state index in [9.17, 15) is 13.2 Å². The third kappa shape index (κ3) is 3.20. The molecule has 118 valence electrons. The predicted molar refractivity (Wildman–Crippen MR) is 75.1 cm³/mol. The predicted octanol–water partition coefficient (Wildman–Crippen LogP) is -0.366. The molecule has 0 aromatic carbocycles. The molecule has 0 saturated carbocycles. The molecule has 1 amide bonds. The number of rotatable bonds is 5. The summed E-state index contributed by atoms with van der Waals surface area (Å²) in [5, 5.41) is -0.263. The molecule has 2 heterocycles. The molecule has 0 atom stereocenters. The van der Waals surface area contributed by atoms with Gasteiger partial charge in [0.2, 0.25) is 10.9 Å². The number of carbonyl (C=O) groups excluding carboxylic acids is 1. The summed E-state index contributed by atoms with van der Waals surface area (Å²) < 4.78 is 33.4. The van der Waals surface area contributed by atoms with Crippen molar-refractivity contribution in [3.05, 3.63) is 11.5 Å². The third-order valence-corrected chi connectivity index (χ3v) is 5.55. The van der Waals surface area contributed by atoms with Gasteiger partial charge in [-0.15, -0.1) is 0 Å². The molecule has 3 N–H and O–H groups in total. The number of nitrogens with zero attached hydrogens (tertiary/aromatic N) is 2. The average Bonchev–Trinajstić information content (AvgIpc) is 2.78. The summed E-state index contributed by atoms with van der Waals surface area (Å²) in [7, 11) is -2.32. The van der Waals surface area contributed by atoms with E-state index in [0.717, 1.165) is 0 Å². The monoisotopic (exact) mass is 336 g/mol. The summed E-state index contributed by atoms with van der Waals surface area (Å²) in [6.45, 7) is 0.644. The Bertz CT molecular complexity index is 637. The van der Waals surface area contributed by atoms with Crippen molar-refractivity contribution in [3.63, 3.8) is 0 Å². The van der Waals surface area contributed by atoms with E-state index in [1.807, 2.05) is 0 Å². The van der Waals surface area contributed by atoms with Crippen LogP contribution in [0.25, 0.3) is 0 Å². The van der Waals surface area contributed by atoms with Crippen molar-refractivity contribution in [2.24, 2.45) is 18.2 Å². The van der Waals surface area contributed by atoms with E-state index < -0.39 is 21.3 Å². The van der Waals surface area contributed by atoms with E-state index in [-0.39, 0.29) is 16.7 Å². The molecule has 8 nitrogen and oxygen atoms in total. The number of aryl methyl sites for hydroxylation is 1. The quantitative estimate of drug-likeness (QED) is 0.761. The summed E-state index contributed by atoms with van der Waals surface area (Å²) in [4.78, 5) is 15.4. The number of carbonyl (C=O) groups is 1. The number of hydrogen-bond acceptors (Lipinski definition) is 5. The highest BCUT2D eigenvalue weighted by molar-refractivity contribution is 7.89. The van der Waals surface area contributed by atoms with E-state index in [1.165, 1.54) is 10.9 Å². The van der Waals surface area contributed by atoms with Crippen molar-refractivity contribution in [3.8, 4) is 0 Å². The normalized spacial score (nSPS) is 18.6. The van der Waals surface area contributed by atoms with Crippen LogP contribution in [0.2, 0.25) is 5.15 Å². The zero-order valence-corrected chi connectivity index (χ0v) is 13.1. The van der Waals surface area contributed by atoms with Crippen molar-refractivity contribution in [1.29, 1.82) is 0 Å². The van der Waals surface area contributed by atoms with Crippen LogP contribution < -0.4 is 10.5 Å². The van der Waals surface area contributed by atoms with Crippen LogP contribution in [-0.2, 0) is 26.6 Å². The van der Waals surface area contributed by atoms with Gasteiger partial charge in [-0.2, -0.15) is 0 Å². The smallest absolute Gasteiger partial charge is 0.261 e. The largest absolute Gasteiger partial charge is 0.381 e. The average molecular weight is 337 g/mol. The Balaban J connectivity index is 2.17. The first-order valence-electron chi connectivity index (χ1n) is 6.33. The van der Waals surface area contributed by atoms with E-state index in [1.54, 1.807) is 7.05 Å². The number of aromatic nitrogens is 2. The van der Waals surface area contributed by atoms with Crippen molar-refractivity contribution in [2.45, 2.75) is 17.9 Å². The van der Waals surface area contributed by atoms with Crippen molar-refractivity contribution < 1.29 is 17.9 Å². The molecule has 0 aliphatic carbocycles. The molecular weight excluding hydrogens is 320 g/mol. The summed E-state index contributed by atoms with van der Waals surface area (Å²) in [5.41, 5.74) is 4.49. The maximum Gasteiger partial charge on any atom is 0.261 e. The number of amides is 1. The summed E-state index contributed by atoms with van der Waals surface area (Å²) in [6, 6.07) is 0. The van der Waals surface area contributed by atoms with Gasteiger partial charge in [0.1, 0.15) is 5.15 Å². The first-order valence-corrected chi connectivity index (χ1v) is 8.19. The van der Waals surface area contributed by atoms with Crippen LogP contribution >= 0.6 is 11.6 Å². The van der Waals surface area contributed by atoms with Gasteiger partial charge in [0.25, 0.3) is 10.0 Å². The highest BCUT2D eigenvalue weighted by Crippen LogP contribution is 2.30. The second-order valence-electron chi connectivity index (χ2n) is 5.03. The first kappa shape index (κ1) is 16.2. The Labute approximate surface area is 127 Å². The van der Waals surface area contributed by atoms with Gasteiger partial charge < -0.3 is 15.0 Å². The Morgan fingerprint density at radius 3 is 2.67 bits per heavy atom. The highest BCUT2D eigenvalue weighted by atomic mass is 35.5. The molecule has 1 fully saturated rings. The molecule has 21 heavy (non-hydrogen) atoms. The number of nitrogens with two attached hydrogens (primary N) is 1. The molecule has 2 rings (SSSR count). The van der Waals surface area contributed by atoms with Gasteiger partial charge in [-0.3, -0.25) is 4.79 Å². The van der Waals surface area contributed by atoms with E-state index in [4.69, 9.17) is 22.1 Å². The number of halogens is 1. The van der Waals surface area contributed by atoms with Gasteiger partial charge in [-0.05, 0) is 12.8 Å². The van der Waals surface area contributed by atoms with Gasteiger partial charge in [-0.1, -0.05) is 11.6 Å². The molecule has 1 aliphatic rings. The summed E-state index contributed by atoms with van der Waals surface area (Å²) in [5.74, 6) is -0.541. The second kappa shape index (κ2) is 5.91. The standard InChI is InChI=1S/C11H17ClN4O4S/c1-16-7-14-9(8(16)12)21(18,19)15-6-11(10(13)17)2-4-20-5-3-11/h7,15H,2-6H2,1H3,(H2,13,17). The number of ether oxygens (including phenoxy) is 1. The lowest BCUT2D eigenvalue weighted by atomic mass is 9.80. The Morgan fingerprint density at radius 2 is 2.19 bits per heavy atom. The van der Waals surface area contributed by atoms with Crippen LogP contribution in [0.5, 0.6) is 0 Å². The zero-order valence-electron chi connectivity index (χ0n) is 11.5. The fourth-order valence-corrected chi connectivity index (χ4v) is 3.70. The number of imidazole rings is 1. The minimum atomic E-state index is -3.90. The second-order valence-corrected chi connectivity index (χ2v) is 7.07. The van der Waals surface area contributed by atoms with Crippen molar-refractivity contribution in [2.75, 3.05) is 19.8 Å². The molecular formula is C11H17ClN4O4S. The maximum atomic E-state index is 12.2. The summed E-state index contributed by atoms with van der Waals surface area (Å²) >= 11 is 5.88. The van der Waals surface area contributed by atoms with Crippen LogP contribution in [0.1, 0.15) is 12.8 Å². The minimum absolute atomic E-state index is 0.00241. The van der Waals surface area contributed by atoms with Crippen LogP contribution in [0.3, 0.4) is 0 Å². The van der Waals surface area contributed by atoms with Crippen LogP contribution in [0.4, 0.5) is 0 Å². The molecule has 1 saturated heterocycles. The van der Waals surface area contributed by atoms with Crippen molar-refractivity contribution in [1.82, 2.24) is 14.3 Å². The van der Waals surface area contributed by atoms with Crippen LogP contribution in [-0.4, -0.2) is 43.6 Å². The lowest BCUT2D eigenvalue weighted by molar-refractivity contribution is -0.132. The van der Waals surface area contributed by atoms with Gasteiger partial charge in [-0.25, -0.2) is 18.1 Å². The Kier molecular flexibility index (Phi) is 4.57. The number of primary amides is 1. The lowest BCUT2D eigenvalue weighted by Gasteiger charge is -2.33. The number of hydrogen-bond donors (Lipinski definition) is 2. The van der Waals surface area contributed by atoms with Crippen LogP contribution in [0, 0.1) is 5.41 Å². The molecule has 1 aliphatic heterocycles. The van der Waals surface area contributed by atoms with Crippen LogP contribution in [0.15, 0.2) is 11.4 Å². The molecule has 10 heteroatoms. The Morgan fingerprint density at radius 1 is 1.57 bits per heavy atom. The lowest BCUT2D eigenvalue weighted by Crippen LogP contribution is -2.49. The van der Waals surface area contributed by atoms with Gasteiger partial charge in [0.05, 0.1) is 11.7 Å². The van der Waals surface area contributed by atoms with Gasteiger partial charge in [0, 0.05) is 26.8 Å². The maximum absolute atomic E-state index is 12.2. The molecule has 0 bridgehead atoms. The summed E-state index contributed by atoms with van der Waals surface area (Å²) in [6.07, 6.45) is 2.05. The molecule has 1 aromatic rings. The zero-order chi connectivity index (χ0) is 15.7. The van der Waals surface area contributed by atoms with Gasteiger partial charge in [0.15, 0.2) is 0 Å². The molecule has 0 radical (unpaired) electrons. The van der Waals surface area contributed by atoms with Crippen molar-refractivity contribution >= 4 is 27.5 Å². The third-order valence-electron chi connectivity index (χ3n) is 3.66. The fraction of sp³-hybridized carbons (Fsp3) is 0.636. The SMILES string of the molecule is Cn1cnc(S(=O)(=O)NCC2(C(N)=O)CCOCC2)c1Cl. The number of nitrogens with one attached hydrogen (secondary N) is 1. The topological polar surface area (TPSA) is 116 Å². The fourth-order valence-electron chi connectivity index (χ4n) is 2.15. The van der Waals surface area contributed by atoms with E-state index in [2.05, 4.69) is 9.71 Å². The van der Waals surface area contributed by atoms with Gasteiger partial charge >= 0.3 is 0 Å². The Hall–Kier alpha value is -1.16. The van der Waals surface area contributed by atoms with E-state index >= 15 is 0 Å². The highest BCUT2D eigenvalue weighted by Gasteiger charge is 2.40. The molecule has 0 spiro atoms. The molecule has 0 unspecified atom stereocenters. The molecule has 1 aromatic heterocycles. The van der Waals surface area contributed by atoms with E-state index in [0.29, 0.717) is 26.1 Å².